The highest BCUT2D eigenvalue weighted by Gasteiger charge is 2.10. The third-order valence-corrected chi connectivity index (χ3v) is 3.30. The van der Waals surface area contributed by atoms with Crippen LogP contribution >= 0.6 is 0 Å². The molecular formula is C16H23NO2. The Morgan fingerprint density at radius 2 is 1.79 bits per heavy atom. The van der Waals surface area contributed by atoms with Crippen LogP contribution in [0.15, 0.2) is 30.5 Å². The molecule has 0 aliphatic rings. The van der Waals surface area contributed by atoms with Crippen LogP contribution in [0.3, 0.4) is 0 Å². The van der Waals surface area contributed by atoms with Crippen molar-refractivity contribution in [2.45, 2.75) is 40.0 Å². The number of benzene rings is 1. The van der Waals surface area contributed by atoms with E-state index in [0.717, 1.165) is 13.0 Å². The average molecular weight is 261 g/mol. The first-order valence-corrected chi connectivity index (χ1v) is 7.04. The van der Waals surface area contributed by atoms with Gasteiger partial charge in [-0.3, -0.25) is 0 Å². The van der Waals surface area contributed by atoms with E-state index in [2.05, 4.69) is 42.0 Å². The van der Waals surface area contributed by atoms with Crippen LogP contribution < -0.4 is 0 Å². The van der Waals surface area contributed by atoms with Crippen molar-refractivity contribution in [1.82, 2.24) is 4.57 Å². The number of rotatable bonds is 7. The molecule has 0 saturated carbocycles. The van der Waals surface area contributed by atoms with E-state index in [0.29, 0.717) is 13.2 Å². The second-order valence-corrected chi connectivity index (χ2v) is 4.65. The van der Waals surface area contributed by atoms with Gasteiger partial charge in [0, 0.05) is 43.3 Å². The minimum Gasteiger partial charge on any atom is -0.353 e. The third-order valence-electron chi connectivity index (χ3n) is 3.30. The zero-order valence-electron chi connectivity index (χ0n) is 12.1. The van der Waals surface area contributed by atoms with Crippen LogP contribution in [0.1, 0.15) is 25.8 Å². The van der Waals surface area contributed by atoms with E-state index < -0.39 is 0 Å². The summed E-state index contributed by atoms with van der Waals surface area (Å²) in [6.45, 7) is 8.45. The molecule has 0 aliphatic carbocycles. The molecule has 1 aromatic heterocycles. The maximum absolute atomic E-state index is 5.59. The van der Waals surface area contributed by atoms with Crippen LogP contribution in [0.5, 0.6) is 0 Å². The highest BCUT2D eigenvalue weighted by atomic mass is 16.7. The van der Waals surface area contributed by atoms with Crippen molar-refractivity contribution in [3.63, 3.8) is 0 Å². The Hall–Kier alpha value is -1.32. The number of nitrogens with zero attached hydrogens (tertiary/aromatic N) is 1. The summed E-state index contributed by atoms with van der Waals surface area (Å²) in [6.07, 6.45) is 2.98. The van der Waals surface area contributed by atoms with Gasteiger partial charge < -0.3 is 14.0 Å². The van der Waals surface area contributed by atoms with Gasteiger partial charge >= 0.3 is 0 Å². The van der Waals surface area contributed by atoms with Gasteiger partial charge in [0.05, 0.1) is 0 Å². The lowest BCUT2D eigenvalue weighted by Gasteiger charge is -2.17. The monoisotopic (exact) mass is 261 g/mol. The zero-order valence-corrected chi connectivity index (χ0v) is 12.1. The fourth-order valence-electron chi connectivity index (χ4n) is 2.45. The second kappa shape index (κ2) is 6.73. The quantitative estimate of drug-likeness (QED) is 0.709. The Morgan fingerprint density at radius 1 is 1.11 bits per heavy atom. The van der Waals surface area contributed by atoms with E-state index >= 15 is 0 Å². The molecule has 1 aromatic carbocycles. The lowest BCUT2D eigenvalue weighted by Crippen LogP contribution is -2.19. The number of hydrogen-bond acceptors (Lipinski definition) is 2. The van der Waals surface area contributed by atoms with Crippen molar-refractivity contribution in [2.75, 3.05) is 13.2 Å². The first-order chi connectivity index (χ1) is 9.26. The normalized spacial score (nSPS) is 11.6. The Bertz CT molecular complexity index is 512. The Kier molecular flexibility index (Phi) is 5.00. The second-order valence-electron chi connectivity index (χ2n) is 4.65. The van der Waals surface area contributed by atoms with Gasteiger partial charge in [-0.25, -0.2) is 0 Å². The van der Waals surface area contributed by atoms with Crippen LogP contribution in [-0.4, -0.2) is 24.1 Å². The van der Waals surface area contributed by atoms with Crippen LogP contribution in [0.2, 0.25) is 0 Å². The largest absolute Gasteiger partial charge is 0.353 e. The summed E-state index contributed by atoms with van der Waals surface area (Å²) in [6, 6.07) is 8.51. The molecule has 0 amide bonds. The predicted octanol–water partition coefficient (Wildman–Crippen LogP) is 3.74. The lowest BCUT2D eigenvalue weighted by molar-refractivity contribution is -0.140. The van der Waals surface area contributed by atoms with Crippen molar-refractivity contribution in [2.24, 2.45) is 0 Å². The van der Waals surface area contributed by atoms with E-state index in [9.17, 15) is 0 Å². The predicted molar refractivity (Wildman–Crippen MR) is 78.3 cm³/mol. The molecule has 104 valence electrons. The van der Waals surface area contributed by atoms with Gasteiger partial charge in [-0.05, 0) is 32.4 Å². The van der Waals surface area contributed by atoms with Crippen molar-refractivity contribution in [3.8, 4) is 0 Å². The fraction of sp³-hybridized carbons (Fsp3) is 0.500. The number of fused-ring (bicyclic) bond motifs is 1. The van der Waals surface area contributed by atoms with Crippen molar-refractivity contribution in [1.29, 1.82) is 0 Å². The van der Waals surface area contributed by atoms with Crippen LogP contribution in [0.4, 0.5) is 0 Å². The number of aromatic nitrogens is 1. The van der Waals surface area contributed by atoms with Crippen molar-refractivity contribution >= 4 is 10.9 Å². The Morgan fingerprint density at radius 3 is 2.47 bits per heavy atom. The van der Waals surface area contributed by atoms with Gasteiger partial charge in [0.1, 0.15) is 0 Å². The third kappa shape index (κ3) is 3.37. The SMILES string of the molecule is CCOC(CCn1cc(C)c2ccccc21)OCC. The zero-order chi connectivity index (χ0) is 13.7. The molecule has 0 bridgehead atoms. The molecular weight excluding hydrogens is 238 g/mol. The minimum atomic E-state index is -0.100. The van der Waals surface area contributed by atoms with Crippen molar-refractivity contribution in [3.05, 3.63) is 36.0 Å². The molecule has 0 fully saturated rings. The summed E-state index contributed by atoms with van der Waals surface area (Å²) in [5.74, 6) is 0. The minimum absolute atomic E-state index is 0.100. The molecule has 0 radical (unpaired) electrons. The van der Waals surface area contributed by atoms with Crippen LogP contribution in [0, 0.1) is 6.92 Å². The molecule has 0 N–H and O–H groups in total. The molecule has 2 rings (SSSR count). The first kappa shape index (κ1) is 14.1. The summed E-state index contributed by atoms with van der Waals surface area (Å²) in [4.78, 5) is 0. The summed E-state index contributed by atoms with van der Waals surface area (Å²) in [7, 11) is 0. The number of aryl methyl sites for hydroxylation is 2. The molecule has 2 aromatic rings. The molecule has 0 spiro atoms. The maximum Gasteiger partial charge on any atom is 0.159 e. The first-order valence-electron chi connectivity index (χ1n) is 7.04. The van der Waals surface area contributed by atoms with E-state index in [1.807, 2.05) is 13.8 Å². The molecule has 0 saturated heterocycles. The molecule has 3 nitrogen and oxygen atoms in total. The smallest absolute Gasteiger partial charge is 0.159 e. The molecule has 0 unspecified atom stereocenters. The topological polar surface area (TPSA) is 23.4 Å². The van der Waals surface area contributed by atoms with Crippen LogP contribution in [0.25, 0.3) is 10.9 Å². The highest BCUT2D eigenvalue weighted by Crippen LogP contribution is 2.21. The van der Waals surface area contributed by atoms with Gasteiger partial charge in [0.2, 0.25) is 0 Å². The van der Waals surface area contributed by atoms with E-state index in [-0.39, 0.29) is 6.29 Å². The van der Waals surface area contributed by atoms with E-state index in [1.54, 1.807) is 0 Å². The summed E-state index contributed by atoms with van der Waals surface area (Å²) in [5.41, 5.74) is 2.60. The summed E-state index contributed by atoms with van der Waals surface area (Å²) >= 11 is 0. The van der Waals surface area contributed by atoms with Gasteiger partial charge in [0.25, 0.3) is 0 Å². The number of para-hydroxylation sites is 1. The van der Waals surface area contributed by atoms with E-state index in [1.165, 1.54) is 16.5 Å². The molecule has 1 heterocycles. The molecule has 0 aliphatic heterocycles. The number of ether oxygens (including phenoxy) is 2. The fourth-order valence-corrected chi connectivity index (χ4v) is 2.45. The van der Waals surface area contributed by atoms with Gasteiger partial charge in [0.15, 0.2) is 6.29 Å². The standard InChI is InChI=1S/C16H23NO2/c1-4-18-16(19-5-2)10-11-17-12-13(3)14-8-6-7-9-15(14)17/h6-9,12,16H,4-5,10-11H2,1-3H3. The van der Waals surface area contributed by atoms with Gasteiger partial charge in [-0.1, -0.05) is 18.2 Å². The summed E-state index contributed by atoms with van der Waals surface area (Å²) in [5, 5.41) is 1.33. The van der Waals surface area contributed by atoms with Crippen molar-refractivity contribution < 1.29 is 9.47 Å². The molecule has 0 atom stereocenters. The molecule has 19 heavy (non-hydrogen) atoms. The molecule has 3 heteroatoms. The number of hydrogen-bond donors (Lipinski definition) is 0. The van der Waals surface area contributed by atoms with Crippen LogP contribution in [-0.2, 0) is 16.0 Å². The summed E-state index contributed by atoms with van der Waals surface area (Å²) < 4.78 is 13.5. The lowest BCUT2D eigenvalue weighted by atomic mass is 10.2. The average Bonchev–Trinajstić information content (AvgIpc) is 2.74. The highest BCUT2D eigenvalue weighted by molar-refractivity contribution is 5.83. The van der Waals surface area contributed by atoms with Gasteiger partial charge in [-0.2, -0.15) is 0 Å². The van der Waals surface area contributed by atoms with E-state index in [4.69, 9.17) is 9.47 Å². The Labute approximate surface area is 115 Å². The maximum atomic E-state index is 5.59. The Balaban J connectivity index is 2.08. The van der Waals surface area contributed by atoms with Gasteiger partial charge in [-0.15, -0.1) is 0 Å².